The lowest BCUT2D eigenvalue weighted by Crippen LogP contribution is -2.34. The van der Waals surface area contributed by atoms with Crippen molar-refractivity contribution in [2.45, 2.75) is 26.8 Å². The SMILES string of the molecule is Cc1cc(C(=O)N2CC3CN(c4nc5ccccc5n4C(C)C)CC3C2)nn1C. The predicted molar refractivity (Wildman–Crippen MR) is 113 cm³/mol. The monoisotopic (exact) mass is 392 g/mol. The van der Waals surface area contributed by atoms with E-state index in [1.807, 2.05) is 31.0 Å². The Morgan fingerprint density at radius 1 is 1.10 bits per heavy atom. The number of carbonyl (C=O) groups excluding carboxylic acids is 1. The van der Waals surface area contributed by atoms with Crippen molar-refractivity contribution in [1.82, 2.24) is 24.2 Å². The summed E-state index contributed by atoms with van der Waals surface area (Å²) >= 11 is 0. The Morgan fingerprint density at radius 3 is 2.41 bits per heavy atom. The Bertz CT molecular complexity index is 1050. The number of anilines is 1. The van der Waals surface area contributed by atoms with E-state index in [1.165, 1.54) is 5.52 Å². The van der Waals surface area contributed by atoms with Crippen LogP contribution in [0, 0.1) is 18.8 Å². The Morgan fingerprint density at radius 2 is 1.79 bits per heavy atom. The molecule has 2 fully saturated rings. The zero-order valence-electron chi connectivity index (χ0n) is 17.5. The number of hydrogen-bond acceptors (Lipinski definition) is 4. The van der Waals surface area contributed by atoms with Gasteiger partial charge in [-0.1, -0.05) is 12.1 Å². The van der Waals surface area contributed by atoms with Gasteiger partial charge in [-0.3, -0.25) is 9.48 Å². The molecule has 7 heteroatoms. The minimum atomic E-state index is 0.0593. The lowest BCUT2D eigenvalue weighted by atomic mass is 10.0. The lowest BCUT2D eigenvalue weighted by molar-refractivity contribution is 0.0776. The molecule has 0 aliphatic carbocycles. The van der Waals surface area contributed by atoms with E-state index in [-0.39, 0.29) is 5.91 Å². The Kier molecular flexibility index (Phi) is 4.15. The summed E-state index contributed by atoms with van der Waals surface area (Å²) in [7, 11) is 1.88. The second-order valence-electron chi connectivity index (χ2n) is 8.79. The summed E-state index contributed by atoms with van der Waals surface area (Å²) < 4.78 is 4.11. The molecule has 1 aromatic carbocycles. The van der Waals surface area contributed by atoms with Gasteiger partial charge in [-0.25, -0.2) is 4.98 Å². The normalized spacial score (nSPS) is 21.6. The molecule has 152 valence electrons. The molecular formula is C22H28N6O. The van der Waals surface area contributed by atoms with Gasteiger partial charge >= 0.3 is 0 Å². The first kappa shape index (κ1) is 18.2. The number of aromatic nitrogens is 4. The third-order valence-electron chi connectivity index (χ3n) is 6.48. The van der Waals surface area contributed by atoms with E-state index in [2.05, 4.69) is 46.6 Å². The molecule has 2 atom stereocenters. The molecule has 0 bridgehead atoms. The summed E-state index contributed by atoms with van der Waals surface area (Å²) in [5.41, 5.74) is 3.81. The fourth-order valence-corrected chi connectivity index (χ4v) is 4.91. The van der Waals surface area contributed by atoms with Crippen molar-refractivity contribution < 1.29 is 4.79 Å². The Labute approximate surface area is 170 Å². The standard InChI is InChI=1S/C22H28N6O/c1-14(2)28-20-8-6-5-7-18(20)23-22(28)27-12-16-10-26(11-17(16)13-27)21(29)19-9-15(3)25(4)24-19/h5-9,14,16-17H,10-13H2,1-4H3. The van der Waals surface area contributed by atoms with E-state index in [0.717, 1.165) is 43.3 Å². The lowest BCUT2D eigenvalue weighted by Gasteiger charge is -2.24. The minimum absolute atomic E-state index is 0.0593. The second kappa shape index (κ2) is 6.61. The molecule has 5 rings (SSSR count). The van der Waals surface area contributed by atoms with Gasteiger partial charge in [-0.15, -0.1) is 0 Å². The zero-order valence-corrected chi connectivity index (χ0v) is 17.5. The maximum absolute atomic E-state index is 12.9. The number of likely N-dealkylation sites (tertiary alicyclic amines) is 1. The zero-order chi connectivity index (χ0) is 20.3. The average molecular weight is 393 g/mol. The number of para-hydroxylation sites is 2. The molecule has 0 saturated carbocycles. The maximum Gasteiger partial charge on any atom is 0.274 e. The van der Waals surface area contributed by atoms with Crippen LogP contribution in [0.4, 0.5) is 5.95 Å². The fourth-order valence-electron chi connectivity index (χ4n) is 4.91. The molecule has 2 saturated heterocycles. The van der Waals surface area contributed by atoms with Crippen molar-refractivity contribution in [3.63, 3.8) is 0 Å². The largest absolute Gasteiger partial charge is 0.342 e. The molecular weight excluding hydrogens is 364 g/mol. The number of hydrogen-bond donors (Lipinski definition) is 0. The van der Waals surface area contributed by atoms with Gasteiger partial charge < -0.3 is 14.4 Å². The van der Waals surface area contributed by atoms with Crippen LogP contribution >= 0.6 is 0 Å². The molecule has 2 unspecified atom stereocenters. The average Bonchev–Trinajstić information content (AvgIpc) is 3.41. The molecule has 0 radical (unpaired) electrons. The van der Waals surface area contributed by atoms with E-state index in [1.54, 1.807) is 4.68 Å². The van der Waals surface area contributed by atoms with Crippen molar-refractivity contribution in [3.8, 4) is 0 Å². The van der Waals surface area contributed by atoms with Crippen LogP contribution in [0.1, 0.15) is 36.1 Å². The number of nitrogens with zero attached hydrogens (tertiary/aromatic N) is 6. The van der Waals surface area contributed by atoms with Gasteiger partial charge in [0.1, 0.15) is 0 Å². The highest BCUT2D eigenvalue weighted by atomic mass is 16.2. The number of benzene rings is 1. The van der Waals surface area contributed by atoms with Gasteiger partial charge in [-0.05, 0) is 39.0 Å². The van der Waals surface area contributed by atoms with Crippen LogP contribution in [0.3, 0.4) is 0 Å². The first-order valence-electron chi connectivity index (χ1n) is 10.4. The van der Waals surface area contributed by atoms with Crippen LogP contribution < -0.4 is 4.90 Å². The molecule has 2 aromatic heterocycles. The first-order valence-corrected chi connectivity index (χ1v) is 10.4. The summed E-state index contributed by atoms with van der Waals surface area (Å²) in [5, 5.41) is 4.37. The molecule has 0 spiro atoms. The van der Waals surface area contributed by atoms with Gasteiger partial charge in [0, 0.05) is 56.8 Å². The van der Waals surface area contributed by atoms with Crippen LogP contribution in [0.5, 0.6) is 0 Å². The van der Waals surface area contributed by atoms with Gasteiger partial charge in [-0.2, -0.15) is 5.10 Å². The van der Waals surface area contributed by atoms with E-state index in [9.17, 15) is 4.79 Å². The Hall–Kier alpha value is -2.83. The summed E-state index contributed by atoms with van der Waals surface area (Å²) in [6.45, 7) is 9.90. The summed E-state index contributed by atoms with van der Waals surface area (Å²) in [4.78, 5) is 22.2. The first-order chi connectivity index (χ1) is 13.9. The van der Waals surface area contributed by atoms with E-state index in [0.29, 0.717) is 23.6 Å². The smallest absolute Gasteiger partial charge is 0.274 e. The van der Waals surface area contributed by atoms with Crippen LogP contribution in [-0.2, 0) is 7.05 Å². The Balaban J connectivity index is 1.35. The topological polar surface area (TPSA) is 59.2 Å². The number of fused-ring (bicyclic) bond motifs is 2. The van der Waals surface area contributed by atoms with E-state index < -0.39 is 0 Å². The van der Waals surface area contributed by atoms with Crippen LogP contribution in [0.2, 0.25) is 0 Å². The van der Waals surface area contributed by atoms with Gasteiger partial charge in [0.05, 0.1) is 11.0 Å². The van der Waals surface area contributed by atoms with E-state index in [4.69, 9.17) is 4.98 Å². The highest BCUT2D eigenvalue weighted by molar-refractivity contribution is 5.92. The van der Waals surface area contributed by atoms with Gasteiger partial charge in [0.2, 0.25) is 5.95 Å². The maximum atomic E-state index is 12.9. The number of amides is 1. The van der Waals surface area contributed by atoms with Gasteiger partial charge in [0.15, 0.2) is 5.69 Å². The second-order valence-corrected chi connectivity index (χ2v) is 8.79. The summed E-state index contributed by atoms with van der Waals surface area (Å²) in [5.74, 6) is 2.10. The molecule has 7 nitrogen and oxygen atoms in total. The molecule has 3 aromatic rings. The van der Waals surface area contributed by atoms with Crippen molar-refractivity contribution in [3.05, 3.63) is 41.7 Å². The quantitative estimate of drug-likeness (QED) is 0.688. The molecule has 0 N–H and O–H groups in total. The highest BCUT2D eigenvalue weighted by Crippen LogP contribution is 2.36. The minimum Gasteiger partial charge on any atom is -0.342 e. The molecule has 2 aliphatic heterocycles. The van der Waals surface area contributed by atoms with Crippen LogP contribution in [0.25, 0.3) is 11.0 Å². The van der Waals surface area contributed by atoms with Crippen molar-refractivity contribution in [1.29, 1.82) is 0 Å². The molecule has 4 heterocycles. The van der Waals surface area contributed by atoms with E-state index >= 15 is 0 Å². The van der Waals surface area contributed by atoms with Crippen molar-refractivity contribution >= 4 is 22.9 Å². The molecule has 1 amide bonds. The molecule has 2 aliphatic rings. The number of rotatable bonds is 3. The third kappa shape index (κ3) is 2.91. The summed E-state index contributed by atoms with van der Waals surface area (Å²) in [6.07, 6.45) is 0. The van der Waals surface area contributed by atoms with Crippen LogP contribution in [0.15, 0.2) is 30.3 Å². The van der Waals surface area contributed by atoms with Gasteiger partial charge in [0.25, 0.3) is 5.91 Å². The number of carbonyl (C=O) groups is 1. The fraction of sp³-hybridized carbons (Fsp3) is 0.500. The molecule has 29 heavy (non-hydrogen) atoms. The number of imidazole rings is 1. The van der Waals surface area contributed by atoms with Crippen LogP contribution in [-0.4, -0.2) is 56.3 Å². The predicted octanol–water partition coefficient (Wildman–Crippen LogP) is 2.87. The highest BCUT2D eigenvalue weighted by Gasteiger charge is 2.43. The van der Waals surface area contributed by atoms with Crippen molar-refractivity contribution in [2.75, 3.05) is 31.1 Å². The summed E-state index contributed by atoms with van der Waals surface area (Å²) in [6, 6.07) is 10.6. The van der Waals surface area contributed by atoms with Crippen molar-refractivity contribution in [2.24, 2.45) is 18.9 Å². The third-order valence-corrected chi connectivity index (χ3v) is 6.48. The number of aryl methyl sites for hydroxylation is 2.